The number of aryl methyl sites for hydroxylation is 1. The minimum Gasteiger partial charge on any atom is -0.488 e. The van der Waals surface area contributed by atoms with Crippen molar-refractivity contribution in [3.63, 3.8) is 0 Å². The van der Waals surface area contributed by atoms with Gasteiger partial charge in [0.25, 0.3) is 0 Å². The lowest BCUT2D eigenvalue weighted by atomic mass is 9.85. The first kappa shape index (κ1) is 16.3. The first-order valence-electron chi connectivity index (χ1n) is 8.12. The Morgan fingerprint density at radius 3 is 2.67 bits per heavy atom. The van der Waals surface area contributed by atoms with Crippen LogP contribution < -0.4 is 10.1 Å². The monoisotopic (exact) mass is 291 g/mol. The molecule has 3 heteroatoms. The number of hydrogen-bond acceptors (Lipinski definition) is 3. The first-order valence-corrected chi connectivity index (χ1v) is 8.12. The topological polar surface area (TPSA) is 30.5 Å². The minimum absolute atomic E-state index is 0.165. The van der Waals surface area contributed by atoms with E-state index in [1.54, 1.807) is 0 Å². The van der Waals surface area contributed by atoms with Crippen molar-refractivity contribution in [1.29, 1.82) is 0 Å². The van der Waals surface area contributed by atoms with Crippen LogP contribution >= 0.6 is 0 Å². The third-order valence-electron chi connectivity index (χ3n) is 4.29. The molecule has 0 heterocycles. The molecule has 1 aliphatic rings. The average molecular weight is 291 g/mol. The van der Waals surface area contributed by atoms with Crippen molar-refractivity contribution in [1.82, 2.24) is 5.32 Å². The molecule has 1 aliphatic carbocycles. The van der Waals surface area contributed by atoms with Gasteiger partial charge in [0.1, 0.15) is 18.0 Å². The summed E-state index contributed by atoms with van der Waals surface area (Å²) in [6.45, 7) is 9.54. The van der Waals surface area contributed by atoms with E-state index < -0.39 is 0 Å². The van der Waals surface area contributed by atoms with Crippen molar-refractivity contribution in [2.75, 3.05) is 13.7 Å². The third kappa shape index (κ3) is 3.78. The van der Waals surface area contributed by atoms with Gasteiger partial charge in [-0.3, -0.25) is 0 Å². The lowest BCUT2D eigenvalue weighted by Crippen LogP contribution is -2.60. The Morgan fingerprint density at radius 1 is 1.33 bits per heavy atom. The largest absolute Gasteiger partial charge is 0.488 e. The molecule has 3 nitrogen and oxygen atoms in total. The molecule has 1 N–H and O–H groups in total. The zero-order valence-electron chi connectivity index (χ0n) is 14.0. The Hall–Kier alpha value is -1.06. The van der Waals surface area contributed by atoms with Gasteiger partial charge in [-0.25, -0.2) is 0 Å². The lowest BCUT2D eigenvalue weighted by molar-refractivity contribution is -0.106. The molecule has 0 aromatic heterocycles. The SMILES string of the molecule is CCCOC1C(NC)CC1Oc1ccc(C(C)C)c(C)c1. The highest BCUT2D eigenvalue weighted by Gasteiger charge is 2.42. The minimum atomic E-state index is 0.165. The summed E-state index contributed by atoms with van der Waals surface area (Å²) in [5, 5.41) is 3.31. The van der Waals surface area contributed by atoms with Crippen molar-refractivity contribution >= 4 is 0 Å². The molecule has 118 valence electrons. The van der Waals surface area contributed by atoms with Crippen LogP contribution in [0.5, 0.6) is 5.75 Å². The molecule has 2 rings (SSSR count). The first-order chi connectivity index (χ1) is 10.1. The van der Waals surface area contributed by atoms with Gasteiger partial charge >= 0.3 is 0 Å². The predicted octanol–water partition coefficient (Wildman–Crippen LogP) is 3.65. The van der Waals surface area contributed by atoms with Gasteiger partial charge in [-0.05, 0) is 49.6 Å². The fraction of sp³-hybridized carbons (Fsp3) is 0.667. The molecule has 0 spiro atoms. The smallest absolute Gasteiger partial charge is 0.128 e. The van der Waals surface area contributed by atoms with E-state index in [4.69, 9.17) is 9.47 Å². The maximum atomic E-state index is 6.14. The van der Waals surface area contributed by atoms with E-state index in [0.717, 1.165) is 25.2 Å². The molecule has 1 aromatic rings. The number of ether oxygens (including phenoxy) is 2. The molecular formula is C18H29NO2. The van der Waals surface area contributed by atoms with E-state index >= 15 is 0 Å². The summed E-state index contributed by atoms with van der Waals surface area (Å²) in [5.74, 6) is 1.51. The maximum absolute atomic E-state index is 6.14. The number of likely N-dealkylation sites (N-methyl/N-ethyl adjacent to an activating group) is 1. The number of benzene rings is 1. The van der Waals surface area contributed by atoms with Gasteiger partial charge < -0.3 is 14.8 Å². The fourth-order valence-electron chi connectivity index (χ4n) is 3.00. The van der Waals surface area contributed by atoms with Crippen molar-refractivity contribution in [2.45, 2.75) is 64.7 Å². The van der Waals surface area contributed by atoms with Gasteiger partial charge in [0, 0.05) is 19.1 Å². The fourth-order valence-corrected chi connectivity index (χ4v) is 3.00. The van der Waals surface area contributed by atoms with Gasteiger partial charge in [0.05, 0.1) is 0 Å². The quantitative estimate of drug-likeness (QED) is 0.832. The predicted molar refractivity (Wildman–Crippen MR) is 87.2 cm³/mol. The van der Waals surface area contributed by atoms with E-state index in [2.05, 4.69) is 51.2 Å². The summed E-state index contributed by atoms with van der Waals surface area (Å²) >= 11 is 0. The summed E-state index contributed by atoms with van der Waals surface area (Å²) in [7, 11) is 1.99. The third-order valence-corrected chi connectivity index (χ3v) is 4.29. The summed E-state index contributed by atoms with van der Waals surface area (Å²) < 4.78 is 12.1. The lowest BCUT2D eigenvalue weighted by Gasteiger charge is -2.43. The molecule has 21 heavy (non-hydrogen) atoms. The van der Waals surface area contributed by atoms with E-state index in [1.165, 1.54) is 11.1 Å². The van der Waals surface area contributed by atoms with Crippen LogP contribution in [0.25, 0.3) is 0 Å². The zero-order valence-corrected chi connectivity index (χ0v) is 14.0. The highest BCUT2D eigenvalue weighted by atomic mass is 16.5. The molecule has 0 aliphatic heterocycles. The average Bonchev–Trinajstić information content (AvgIpc) is 2.43. The van der Waals surface area contributed by atoms with Crippen LogP contribution in [-0.2, 0) is 4.74 Å². The van der Waals surface area contributed by atoms with E-state index in [0.29, 0.717) is 12.0 Å². The normalized spacial score (nSPS) is 25.0. The van der Waals surface area contributed by atoms with Crippen LogP contribution in [0.2, 0.25) is 0 Å². The van der Waals surface area contributed by atoms with Crippen LogP contribution in [-0.4, -0.2) is 31.9 Å². The maximum Gasteiger partial charge on any atom is 0.128 e. The van der Waals surface area contributed by atoms with Crippen LogP contribution in [0.3, 0.4) is 0 Å². The second-order valence-corrected chi connectivity index (χ2v) is 6.30. The molecular weight excluding hydrogens is 262 g/mol. The Balaban J connectivity index is 1.99. The van der Waals surface area contributed by atoms with E-state index in [9.17, 15) is 0 Å². The summed E-state index contributed by atoms with van der Waals surface area (Å²) in [5.41, 5.74) is 2.70. The van der Waals surface area contributed by atoms with Crippen molar-refractivity contribution in [2.24, 2.45) is 0 Å². The molecule has 3 atom stereocenters. The van der Waals surface area contributed by atoms with E-state index in [1.807, 2.05) is 7.05 Å². The Bertz CT molecular complexity index is 459. The number of rotatable bonds is 7. The Kier molecular flexibility index (Phi) is 5.65. The molecule has 0 amide bonds. The van der Waals surface area contributed by atoms with Gasteiger partial charge in [0.2, 0.25) is 0 Å². The van der Waals surface area contributed by atoms with Crippen LogP contribution in [0.1, 0.15) is 50.7 Å². The van der Waals surface area contributed by atoms with Crippen molar-refractivity contribution in [3.8, 4) is 5.75 Å². The summed E-state index contributed by atoms with van der Waals surface area (Å²) in [6, 6.07) is 6.84. The van der Waals surface area contributed by atoms with Crippen molar-refractivity contribution in [3.05, 3.63) is 29.3 Å². The highest BCUT2D eigenvalue weighted by molar-refractivity contribution is 5.36. The van der Waals surface area contributed by atoms with Gasteiger partial charge in [-0.2, -0.15) is 0 Å². The molecule has 0 bridgehead atoms. The van der Waals surface area contributed by atoms with Gasteiger partial charge in [-0.15, -0.1) is 0 Å². The highest BCUT2D eigenvalue weighted by Crippen LogP contribution is 2.31. The Morgan fingerprint density at radius 2 is 2.10 bits per heavy atom. The van der Waals surface area contributed by atoms with E-state index in [-0.39, 0.29) is 12.2 Å². The summed E-state index contributed by atoms with van der Waals surface area (Å²) in [6.07, 6.45) is 2.39. The second kappa shape index (κ2) is 7.28. The molecule has 1 fully saturated rings. The van der Waals surface area contributed by atoms with Gasteiger partial charge in [-0.1, -0.05) is 26.8 Å². The molecule has 0 radical (unpaired) electrons. The van der Waals surface area contributed by atoms with Crippen LogP contribution in [0.4, 0.5) is 0 Å². The molecule has 0 saturated heterocycles. The zero-order chi connectivity index (χ0) is 15.4. The molecule has 1 saturated carbocycles. The summed E-state index contributed by atoms with van der Waals surface area (Å²) in [4.78, 5) is 0. The standard InChI is InChI=1S/C18H29NO2/c1-6-9-20-18-16(19-5)11-17(18)21-14-7-8-15(12(2)3)13(4)10-14/h7-8,10,12,16-19H,6,9,11H2,1-5H3. The number of hydrogen-bond donors (Lipinski definition) is 1. The van der Waals surface area contributed by atoms with Crippen molar-refractivity contribution < 1.29 is 9.47 Å². The number of nitrogens with one attached hydrogen (secondary N) is 1. The molecule has 1 aromatic carbocycles. The Labute approximate surface area is 129 Å². The van der Waals surface area contributed by atoms with Crippen LogP contribution in [0, 0.1) is 6.92 Å². The van der Waals surface area contributed by atoms with Gasteiger partial charge in [0.15, 0.2) is 0 Å². The molecule has 3 unspecified atom stereocenters. The second-order valence-electron chi connectivity index (χ2n) is 6.30. The van der Waals surface area contributed by atoms with Crippen LogP contribution in [0.15, 0.2) is 18.2 Å².